The van der Waals surface area contributed by atoms with Crippen molar-refractivity contribution in [3.63, 3.8) is 0 Å². The Balaban J connectivity index is 2.08. The van der Waals surface area contributed by atoms with Crippen LogP contribution in [-0.2, 0) is 25.3 Å². The predicted molar refractivity (Wildman–Crippen MR) is 104 cm³/mol. The number of halogens is 4. The lowest BCUT2D eigenvalue weighted by molar-refractivity contribution is -0.144. The number of esters is 1. The number of benzene rings is 2. The van der Waals surface area contributed by atoms with Crippen molar-refractivity contribution in [1.82, 2.24) is 5.32 Å². The lowest BCUT2D eigenvalue weighted by Gasteiger charge is -2.14. The molecule has 2 N–H and O–H groups in total. The van der Waals surface area contributed by atoms with Gasteiger partial charge in [0.15, 0.2) is 6.61 Å². The summed E-state index contributed by atoms with van der Waals surface area (Å²) in [5.74, 6) is -2.58. The number of alkyl halides is 3. The van der Waals surface area contributed by atoms with Gasteiger partial charge in [0.2, 0.25) is 5.91 Å². The molecule has 0 saturated carbocycles. The van der Waals surface area contributed by atoms with Crippen LogP contribution >= 0.6 is 11.6 Å². The van der Waals surface area contributed by atoms with E-state index in [2.05, 4.69) is 5.32 Å². The Bertz CT molecular complexity index is 976. The summed E-state index contributed by atoms with van der Waals surface area (Å²) in [6, 6.07) is 11.3. The highest BCUT2D eigenvalue weighted by Crippen LogP contribution is 2.36. The minimum Gasteiger partial charge on any atom is -0.451 e. The SMILES string of the molecule is CC(=O)N/C(=C\c1ccccc1)C(=O)OCC(=O)Nc1ccc(Cl)cc1C(F)(F)F. The molecule has 0 aliphatic rings. The Labute approximate surface area is 174 Å². The zero-order valence-corrected chi connectivity index (χ0v) is 16.3. The van der Waals surface area contributed by atoms with E-state index in [0.29, 0.717) is 11.6 Å². The summed E-state index contributed by atoms with van der Waals surface area (Å²) in [6.07, 6.45) is -3.41. The molecular formula is C20H16ClF3N2O4. The van der Waals surface area contributed by atoms with E-state index in [1.165, 1.54) is 19.1 Å². The highest BCUT2D eigenvalue weighted by atomic mass is 35.5. The fourth-order valence-electron chi connectivity index (χ4n) is 2.31. The molecule has 0 aliphatic heterocycles. The molecule has 0 heterocycles. The van der Waals surface area contributed by atoms with Gasteiger partial charge < -0.3 is 15.4 Å². The Morgan fingerprint density at radius 1 is 1.10 bits per heavy atom. The zero-order chi connectivity index (χ0) is 22.3. The van der Waals surface area contributed by atoms with Crippen LogP contribution in [0.5, 0.6) is 0 Å². The number of amides is 2. The molecule has 0 saturated heterocycles. The quantitative estimate of drug-likeness (QED) is 0.525. The normalized spacial score (nSPS) is 11.6. The largest absolute Gasteiger partial charge is 0.451 e. The van der Waals surface area contributed by atoms with Crippen molar-refractivity contribution in [2.75, 3.05) is 11.9 Å². The van der Waals surface area contributed by atoms with Crippen LogP contribution in [0.25, 0.3) is 6.08 Å². The molecular weight excluding hydrogens is 425 g/mol. The molecule has 2 aromatic carbocycles. The average Bonchev–Trinajstić information content (AvgIpc) is 2.66. The third-order valence-corrected chi connectivity index (χ3v) is 3.77. The number of hydrogen-bond acceptors (Lipinski definition) is 4. The van der Waals surface area contributed by atoms with E-state index in [-0.39, 0.29) is 10.7 Å². The van der Waals surface area contributed by atoms with Crippen LogP contribution in [0.2, 0.25) is 5.02 Å². The minimum absolute atomic E-state index is 0.155. The van der Waals surface area contributed by atoms with E-state index in [1.54, 1.807) is 30.3 Å². The van der Waals surface area contributed by atoms with Crippen LogP contribution in [0.4, 0.5) is 18.9 Å². The van der Waals surface area contributed by atoms with Crippen LogP contribution < -0.4 is 10.6 Å². The van der Waals surface area contributed by atoms with Gasteiger partial charge in [0, 0.05) is 11.9 Å². The molecule has 0 spiro atoms. The summed E-state index contributed by atoms with van der Waals surface area (Å²) < 4.78 is 44.1. The van der Waals surface area contributed by atoms with Gasteiger partial charge in [0.05, 0.1) is 11.3 Å². The summed E-state index contributed by atoms with van der Waals surface area (Å²) in [5, 5.41) is 4.16. The van der Waals surface area contributed by atoms with Crippen LogP contribution in [0.1, 0.15) is 18.1 Å². The van der Waals surface area contributed by atoms with Gasteiger partial charge in [-0.2, -0.15) is 13.2 Å². The fraction of sp³-hybridized carbons (Fsp3) is 0.150. The number of carbonyl (C=O) groups excluding carboxylic acids is 3. The van der Waals surface area contributed by atoms with Gasteiger partial charge >= 0.3 is 12.1 Å². The lowest BCUT2D eigenvalue weighted by Crippen LogP contribution is -2.29. The van der Waals surface area contributed by atoms with Gasteiger partial charge in [-0.1, -0.05) is 41.9 Å². The Morgan fingerprint density at radius 3 is 2.37 bits per heavy atom. The zero-order valence-electron chi connectivity index (χ0n) is 15.5. The van der Waals surface area contributed by atoms with Crippen molar-refractivity contribution in [1.29, 1.82) is 0 Å². The molecule has 0 bridgehead atoms. The Morgan fingerprint density at radius 2 is 1.77 bits per heavy atom. The Hall–Kier alpha value is -3.33. The van der Waals surface area contributed by atoms with Crippen molar-refractivity contribution in [2.24, 2.45) is 0 Å². The standard InChI is InChI=1S/C20H16ClF3N2O4/c1-12(27)25-17(9-13-5-3-2-4-6-13)19(29)30-11-18(28)26-16-8-7-14(21)10-15(16)20(22,23)24/h2-10H,11H2,1H3,(H,25,27)(H,26,28)/b17-9-. The summed E-state index contributed by atoms with van der Waals surface area (Å²) in [5.41, 5.74) is -1.32. The lowest BCUT2D eigenvalue weighted by atomic mass is 10.1. The maximum absolute atomic E-state index is 13.1. The number of carbonyl (C=O) groups is 3. The van der Waals surface area contributed by atoms with Crippen molar-refractivity contribution in [2.45, 2.75) is 13.1 Å². The molecule has 0 aliphatic carbocycles. The van der Waals surface area contributed by atoms with Crippen LogP contribution in [0.15, 0.2) is 54.2 Å². The van der Waals surface area contributed by atoms with Crippen LogP contribution in [0, 0.1) is 0 Å². The number of rotatable bonds is 6. The van der Waals surface area contributed by atoms with Crippen molar-refractivity contribution < 1.29 is 32.3 Å². The first-order valence-corrected chi connectivity index (χ1v) is 8.82. The van der Waals surface area contributed by atoms with Gasteiger partial charge in [-0.05, 0) is 29.8 Å². The molecule has 30 heavy (non-hydrogen) atoms. The molecule has 158 valence electrons. The molecule has 2 amide bonds. The van der Waals surface area contributed by atoms with E-state index < -0.39 is 41.8 Å². The fourth-order valence-corrected chi connectivity index (χ4v) is 2.48. The Kier molecular flexibility index (Phi) is 7.60. The van der Waals surface area contributed by atoms with E-state index in [1.807, 2.05) is 5.32 Å². The molecule has 0 radical (unpaired) electrons. The molecule has 0 unspecified atom stereocenters. The summed E-state index contributed by atoms with van der Waals surface area (Å²) in [4.78, 5) is 35.5. The third-order valence-electron chi connectivity index (χ3n) is 3.54. The molecule has 2 aromatic rings. The average molecular weight is 441 g/mol. The van der Waals surface area contributed by atoms with E-state index in [9.17, 15) is 27.6 Å². The first kappa shape index (κ1) is 23.0. The summed E-state index contributed by atoms with van der Waals surface area (Å²) >= 11 is 5.58. The minimum atomic E-state index is -4.75. The second-order valence-corrected chi connectivity index (χ2v) is 6.40. The number of hydrogen-bond donors (Lipinski definition) is 2. The van der Waals surface area contributed by atoms with Gasteiger partial charge in [-0.3, -0.25) is 9.59 Å². The number of ether oxygens (including phenoxy) is 1. The van der Waals surface area contributed by atoms with Crippen molar-refractivity contribution in [3.05, 3.63) is 70.4 Å². The second kappa shape index (κ2) is 9.93. The second-order valence-electron chi connectivity index (χ2n) is 5.96. The molecule has 2 rings (SSSR count). The van der Waals surface area contributed by atoms with E-state index >= 15 is 0 Å². The van der Waals surface area contributed by atoms with Gasteiger partial charge in [-0.15, -0.1) is 0 Å². The maximum Gasteiger partial charge on any atom is 0.418 e. The molecule has 0 aromatic heterocycles. The van der Waals surface area contributed by atoms with Crippen molar-refractivity contribution in [3.8, 4) is 0 Å². The van der Waals surface area contributed by atoms with Gasteiger partial charge in [0.1, 0.15) is 5.70 Å². The number of nitrogens with one attached hydrogen (secondary N) is 2. The number of anilines is 1. The highest BCUT2D eigenvalue weighted by Gasteiger charge is 2.34. The molecule has 6 nitrogen and oxygen atoms in total. The molecule has 10 heteroatoms. The highest BCUT2D eigenvalue weighted by molar-refractivity contribution is 6.30. The molecule has 0 fully saturated rings. The summed E-state index contributed by atoms with van der Waals surface area (Å²) in [6.45, 7) is 0.308. The van der Waals surface area contributed by atoms with E-state index in [4.69, 9.17) is 16.3 Å². The van der Waals surface area contributed by atoms with Gasteiger partial charge in [-0.25, -0.2) is 4.79 Å². The predicted octanol–water partition coefficient (Wildman–Crippen LogP) is 4.02. The topological polar surface area (TPSA) is 84.5 Å². The van der Waals surface area contributed by atoms with Gasteiger partial charge in [0.25, 0.3) is 5.91 Å². The first-order chi connectivity index (χ1) is 14.1. The van der Waals surface area contributed by atoms with Crippen molar-refractivity contribution >= 4 is 41.1 Å². The molecule has 0 atom stereocenters. The summed E-state index contributed by atoms with van der Waals surface area (Å²) in [7, 11) is 0. The van der Waals surface area contributed by atoms with E-state index in [0.717, 1.165) is 6.07 Å². The maximum atomic E-state index is 13.1. The van der Waals surface area contributed by atoms with Crippen LogP contribution in [0.3, 0.4) is 0 Å². The smallest absolute Gasteiger partial charge is 0.418 e. The first-order valence-electron chi connectivity index (χ1n) is 8.44. The third kappa shape index (κ3) is 6.93. The van der Waals surface area contributed by atoms with Crippen LogP contribution in [-0.4, -0.2) is 24.4 Å². The monoisotopic (exact) mass is 440 g/mol.